The van der Waals surface area contributed by atoms with E-state index in [0.717, 1.165) is 32.1 Å². The molecule has 1 heterocycles. The Balaban J connectivity index is 1.69. The van der Waals surface area contributed by atoms with Crippen molar-refractivity contribution in [1.82, 2.24) is 10.2 Å². The highest BCUT2D eigenvalue weighted by atomic mass is 16.3. The van der Waals surface area contributed by atoms with Gasteiger partial charge < -0.3 is 15.3 Å². The van der Waals surface area contributed by atoms with E-state index in [9.17, 15) is 14.7 Å². The molecule has 0 aromatic carbocycles. The monoisotopic (exact) mass is 254 g/mol. The van der Waals surface area contributed by atoms with Crippen molar-refractivity contribution in [1.29, 1.82) is 0 Å². The molecule has 1 aliphatic carbocycles. The number of aliphatic hydroxyl groups excluding tert-OH is 1. The first kappa shape index (κ1) is 13.3. The van der Waals surface area contributed by atoms with Crippen LogP contribution in [0.4, 0.5) is 0 Å². The third-order valence-electron chi connectivity index (χ3n) is 3.94. The minimum absolute atomic E-state index is 0.0808. The van der Waals surface area contributed by atoms with E-state index in [1.165, 1.54) is 0 Å². The van der Waals surface area contributed by atoms with Gasteiger partial charge in [0.15, 0.2) is 0 Å². The van der Waals surface area contributed by atoms with Gasteiger partial charge in [-0.05, 0) is 25.7 Å². The van der Waals surface area contributed by atoms with E-state index in [0.29, 0.717) is 19.5 Å². The van der Waals surface area contributed by atoms with Gasteiger partial charge in [0.05, 0.1) is 12.6 Å². The van der Waals surface area contributed by atoms with E-state index >= 15 is 0 Å². The van der Waals surface area contributed by atoms with Crippen LogP contribution in [-0.4, -0.2) is 47.6 Å². The van der Waals surface area contributed by atoms with Crippen LogP contribution >= 0.6 is 0 Å². The zero-order chi connectivity index (χ0) is 13.0. The summed E-state index contributed by atoms with van der Waals surface area (Å²) in [6.45, 7) is 1.39. The number of hydrogen-bond acceptors (Lipinski definition) is 3. The van der Waals surface area contributed by atoms with Crippen LogP contribution in [0.3, 0.4) is 0 Å². The molecule has 1 saturated heterocycles. The van der Waals surface area contributed by atoms with E-state index < -0.39 is 0 Å². The van der Waals surface area contributed by atoms with Crippen LogP contribution in [0.2, 0.25) is 0 Å². The molecule has 2 atom stereocenters. The number of carbonyl (C=O) groups is 2. The van der Waals surface area contributed by atoms with E-state index in [1.54, 1.807) is 4.90 Å². The summed E-state index contributed by atoms with van der Waals surface area (Å²) in [4.78, 5) is 24.9. The van der Waals surface area contributed by atoms with Gasteiger partial charge in [0.1, 0.15) is 0 Å². The summed E-state index contributed by atoms with van der Waals surface area (Å²) in [7, 11) is 0. The Hall–Kier alpha value is -1.10. The standard InChI is InChI=1S/C13H22N2O3/c16-11-5-3-4-10(11)8-14-12(17)9-15-7-2-1-6-13(15)18/h10-11,16H,1-9H2,(H,14,17). The fraction of sp³-hybridized carbons (Fsp3) is 0.846. The molecule has 5 heteroatoms. The predicted octanol–water partition coefficient (Wildman–Crippen LogP) is 0.276. The number of piperidine rings is 1. The van der Waals surface area contributed by atoms with E-state index in [1.807, 2.05) is 0 Å². The van der Waals surface area contributed by atoms with Gasteiger partial charge in [0.25, 0.3) is 0 Å². The van der Waals surface area contributed by atoms with Crippen molar-refractivity contribution in [3.05, 3.63) is 0 Å². The number of nitrogens with zero attached hydrogens (tertiary/aromatic N) is 1. The Labute approximate surface area is 108 Å². The van der Waals surface area contributed by atoms with Gasteiger partial charge >= 0.3 is 0 Å². The molecule has 0 spiro atoms. The largest absolute Gasteiger partial charge is 0.393 e. The summed E-state index contributed by atoms with van der Waals surface area (Å²) in [5, 5.41) is 12.5. The highest BCUT2D eigenvalue weighted by Gasteiger charge is 2.26. The maximum atomic E-state index is 11.7. The molecular weight excluding hydrogens is 232 g/mol. The second-order valence-corrected chi connectivity index (χ2v) is 5.33. The Bertz CT molecular complexity index is 319. The molecule has 1 saturated carbocycles. The van der Waals surface area contributed by atoms with Gasteiger partial charge in [-0.2, -0.15) is 0 Å². The second-order valence-electron chi connectivity index (χ2n) is 5.33. The first-order chi connectivity index (χ1) is 8.66. The summed E-state index contributed by atoms with van der Waals surface area (Å²) >= 11 is 0. The summed E-state index contributed by atoms with van der Waals surface area (Å²) in [5.74, 6) is 0.160. The number of rotatable bonds is 4. The summed E-state index contributed by atoms with van der Waals surface area (Å²) in [6, 6.07) is 0. The van der Waals surface area contributed by atoms with E-state index in [-0.39, 0.29) is 30.4 Å². The SMILES string of the molecule is O=C(CN1CCCCC1=O)NCC1CCCC1O. The first-order valence-corrected chi connectivity index (χ1v) is 6.89. The average molecular weight is 254 g/mol. The normalized spacial score (nSPS) is 28.5. The van der Waals surface area contributed by atoms with Gasteiger partial charge in [-0.15, -0.1) is 0 Å². The number of amides is 2. The molecule has 102 valence electrons. The van der Waals surface area contributed by atoms with Gasteiger partial charge in [-0.1, -0.05) is 6.42 Å². The number of hydrogen-bond donors (Lipinski definition) is 2. The van der Waals surface area contributed by atoms with Crippen LogP contribution in [0.5, 0.6) is 0 Å². The molecule has 2 fully saturated rings. The number of aliphatic hydroxyl groups is 1. The van der Waals surface area contributed by atoms with Gasteiger partial charge in [-0.3, -0.25) is 9.59 Å². The Morgan fingerprint density at radius 2 is 2.17 bits per heavy atom. The topological polar surface area (TPSA) is 69.6 Å². The molecule has 2 N–H and O–H groups in total. The molecule has 2 rings (SSSR count). The lowest BCUT2D eigenvalue weighted by Gasteiger charge is -2.26. The van der Waals surface area contributed by atoms with E-state index in [2.05, 4.69) is 5.32 Å². The smallest absolute Gasteiger partial charge is 0.239 e. The third-order valence-corrected chi connectivity index (χ3v) is 3.94. The van der Waals surface area contributed by atoms with Gasteiger partial charge in [-0.25, -0.2) is 0 Å². The molecule has 0 radical (unpaired) electrons. The fourth-order valence-electron chi connectivity index (χ4n) is 2.76. The first-order valence-electron chi connectivity index (χ1n) is 6.89. The maximum absolute atomic E-state index is 11.7. The lowest BCUT2D eigenvalue weighted by atomic mass is 10.1. The van der Waals surface area contributed by atoms with Crippen molar-refractivity contribution >= 4 is 11.8 Å². The number of likely N-dealkylation sites (tertiary alicyclic amines) is 1. The number of nitrogens with one attached hydrogen (secondary N) is 1. The average Bonchev–Trinajstić information content (AvgIpc) is 2.75. The Kier molecular flexibility index (Phi) is 4.58. The molecule has 2 aliphatic rings. The van der Waals surface area contributed by atoms with Crippen LogP contribution in [0.25, 0.3) is 0 Å². The minimum Gasteiger partial charge on any atom is -0.393 e. The second kappa shape index (κ2) is 6.18. The molecule has 1 aliphatic heterocycles. The Morgan fingerprint density at radius 1 is 1.33 bits per heavy atom. The van der Waals surface area contributed by atoms with Crippen LogP contribution in [0, 0.1) is 5.92 Å². The zero-order valence-corrected chi connectivity index (χ0v) is 10.7. The predicted molar refractivity (Wildman–Crippen MR) is 66.8 cm³/mol. The Morgan fingerprint density at radius 3 is 2.83 bits per heavy atom. The zero-order valence-electron chi connectivity index (χ0n) is 10.7. The summed E-state index contributed by atoms with van der Waals surface area (Å²) in [5.41, 5.74) is 0. The van der Waals surface area contributed by atoms with Gasteiger partial charge in [0.2, 0.25) is 11.8 Å². The molecule has 0 aromatic heterocycles. The molecule has 2 amide bonds. The van der Waals surface area contributed by atoms with Crippen molar-refractivity contribution in [3.8, 4) is 0 Å². The molecular formula is C13H22N2O3. The van der Waals surface area contributed by atoms with Crippen molar-refractivity contribution in [3.63, 3.8) is 0 Å². The lowest BCUT2D eigenvalue weighted by molar-refractivity contribution is -0.137. The highest BCUT2D eigenvalue weighted by Crippen LogP contribution is 2.24. The summed E-state index contributed by atoms with van der Waals surface area (Å²) < 4.78 is 0. The van der Waals surface area contributed by atoms with Crippen molar-refractivity contribution < 1.29 is 14.7 Å². The fourth-order valence-corrected chi connectivity index (χ4v) is 2.76. The van der Waals surface area contributed by atoms with Crippen LogP contribution in [0.1, 0.15) is 38.5 Å². The van der Waals surface area contributed by atoms with E-state index in [4.69, 9.17) is 0 Å². The van der Waals surface area contributed by atoms with Crippen molar-refractivity contribution in [2.75, 3.05) is 19.6 Å². The molecule has 0 aromatic rings. The number of carbonyl (C=O) groups excluding carboxylic acids is 2. The molecule has 0 bridgehead atoms. The van der Waals surface area contributed by atoms with Crippen molar-refractivity contribution in [2.45, 2.75) is 44.6 Å². The van der Waals surface area contributed by atoms with Crippen LogP contribution in [-0.2, 0) is 9.59 Å². The molecule has 2 unspecified atom stereocenters. The maximum Gasteiger partial charge on any atom is 0.239 e. The molecule has 18 heavy (non-hydrogen) atoms. The van der Waals surface area contributed by atoms with Gasteiger partial charge in [0, 0.05) is 25.4 Å². The minimum atomic E-state index is -0.276. The summed E-state index contributed by atoms with van der Waals surface area (Å²) in [6.07, 6.45) is 5.06. The quantitative estimate of drug-likeness (QED) is 0.757. The van der Waals surface area contributed by atoms with Crippen molar-refractivity contribution in [2.24, 2.45) is 5.92 Å². The highest BCUT2D eigenvalue weighted by molar-refractivity contribution is 5.85. The molecule has 5 nitrogen and oxygen atoms in total. The van der Waals surface area contributed by atoms with Crippen LogP contribution < -0.4 is 5.32 Å². The lowest BCUT2D eigenvalue weighted by Crippen LogP contribution is -2.44. The van der Waals surface area contributed by atoms with Crippen LogP contribution in [0.15, 0.2) is 0 Å². The third kappa shape index (κ3) is 3.45.